The largest absolute Gasteiger partial charge is 0.484 e. The lowest BCUT2D eigenvalue weighted by Crippen LogP contribution is -2.45. The molecule has 0 spiro atoms. The number of carboxylic acids is 1. The Kier molecular flexibility index (Phi) is 6.01. The molecule has 1 aliphatic heterocycles. The van der Waals surface area contributed by atoms with Crippen molar-refractivity contribution in [1.29, 1.82) is 0 Å². The van der Waals surface area contributed by atoms with Crippen molar-refractivity contribution >= 4 is 23.5 Å². The van der Waals surface area contributed by atoms with Gasteiger partial charge in [0.1, 0.15) is 5.75 Å². The second-order valence-corrected chi connectivity index (χ2v) is 6.76. The summed E-state index contributed by atoms with van der Waals surface area (Å²) in [7, 11) is 0. The molecule has 136 valence electrons. The van der Waals surface area contributed by atoms with Gasteiger partial charge in [-0.1, -0.05) is 0 Å². The topological polar surface area (TPSA) is 95.9 Å². The molecule has 1 aromatic carbocycles. The van der Waals surface area contributed by atoms with E-state index in [-0.39, 0.29) is 24.8 Å². The van der Waals surface area contributed by atoms with E-state index in [4.69, 9.17) is 9.84 Å². The van der Waals surface area contributed by atoms with Crippen molar-refractivity contribution in [3.63, 3.8) is 0 Å². The summed E-state index contributed by atoms with van der Waals surface area (Å²) >= 11 is 0. The first-order chi connectivity index (χ1) is 11.8. The van der Waals surface area contributed by atoms with Gasteiger partial charge in [-0.25, -0.2) is 0 Å². The van der Waals surface area contributed by atoms with Crippen LogP contribution in [0.3, 0.4) is 0 Å². The zero-order valence-electron chi connectivity index (χ0n) is 14.6. The van der Waals surface area contributed by atoms with Crippen LogP contribution < -0.4 is 15.0 Å². The second-order valence-electron chi connectivity index (χ2n) is 6.76. The molecule has 0 bridgehead atoms. The lowest BCUT2D eigenvalue weighted by Gasteiger charge is -2.25. The number of rotatable bonds is 8. The average molecular weight is 348 g/mol. The fourth-order valence-electron chi connectivity index (χ4n) is 2.69. The molecule has 1 aromatic rings. The number of anilines is 1. The number of carbonyl (C=O) groups excluding carboxylic acids is 2. The van der Waals surface area contributed by atoms with Crippen LogP contribution in [0.1, 0.15) is 39.5 Å². The smallest absolute Gasteiger partial charge is 0.303 e. The lowest BCUT2D eigenvalue weighted by molar-refractivity contribution is -0.138. The summed E-state index contributed by atoms with van der Waals surface area (Å²) < 4.78 is 5.45. The third kappa shape index (κ3) is 5.77. The van der Waals surface area contributed by atoms with E-state index < -0.39 is 11.5 Å². The molecule has 7 heteroatoms. The minimum Gasteiger partial charge on any atom is -0.484 e. The summed E-state index contributed by atoms with van der Waals surface area (Å²) in [5.41, 5.74) is 0.216. The van der Waals surface area contributed by atoms with Gasteiger partial charge in [-0.15, -0.1) is 0 Å². The molecular formula is C18H24N2O5. The predicted octanol–water partition coefficient (Wildman–Crippen LogP) is 1.95. The van der Waals surface area contributed by atoms with Crippen molar-refractivity contribution in [3.05, 3.63) is 24.3 Å². The molecule has 2 N–H and O–H groups in total. The van der Waals surface area contributed by atoms with E-state index in [1.54, 1.807) is 43.0 Å². The van der Waals surface area contributed by atoms with Crippen LogP contribution in [0.5, 0.6) is 5.75 Å². The van der Waals surface area contributed by atoms with Crippen molar-refractivity contribution in [2.24, 2.45) is 0 Å². The Morgan fingerprint density at radius 2 is 1.96 bits per heavy atom. The predicted molar refractivity (Wildman–Crippen MR) is 92.6 cm³/mol. The standard InChI is InChI=1S/C18H24N2O5/c1-18(2,10-9-17(23)24)19-15(21)12-25-14-7-5-13(6-8-14)20-11-3-4-16(20)22/h5-8H,3-4,9-12H2,1-2H3,(H,19,21)(H,23,24). The minimum atomic E-state index is -0.893. The van der Waals surface area contributed by atoms with Crippen LogP contribution in [0, 0.1) is 0 Å². The maximum absolute atomic E-state index is 12.0. The van der Waals surface area contributed by atoms with E-state index in [2.05, 4.69) is 5.32 Å². The van der Waals surface area contributed by atoms with Crippen molar-refractivity contribution in [2.75, 3.05) is 18.1 Å². The summed E-state index contributed by atoms with van der Waals surface area (Å²) in [5, 5.41) is 11.5. The molecule has 2 amide bonds. The second kappa shape index (κ2) is 8.00. The minimum absolute atomic E-state index is 0.00911. The zero-order chi connectivity index (χ0) is 18.4. The van der Waals surface area contributed by atoms with Gasteiger partial charge in [-0.3, -0.25) is 14.4 Å². The van der Waals surface area contributed by atoms with Crippen LogP contribution in [0.15, 0.2) is 24.3 Å². The van der Waals surface area contributed by atoms with Gasteiger partial charge in [0.15, 0.2) is 6.61 Å². The Morgan fingerprint density at radius 3 is 2.52 bits per heavy atom. The van der Waals surface area contributed by atoms with E-state index in [9.17, 15) is 14.4 Å². The molecule has 0 radical (unpaired) electrons. The third-order valence-electron chi connectivity index (χ3n) is 4.03. The van der Waals surface area contributed by atoms with E-state index in [1.165, 1.54) is 0 Å². The molecule has 0 saturated carbocycles. The number of carbonyl (C=O) groups is 3. The number of amides is 2. The Bertz CT molecular complexity index is 639. The fourth-order valence-corrected chi connectivity index (χ4v) is 2.69. The molecule has 0 unspecified atom stereocenters. The van der Waals surface area contributed by atoms with Crippen LogP contribution in [0.2, 0.25) is 0 Å². The van der Waals surface area contributed by atoms with Gasteiger partial charge in [0, 0.05) is 30.6 Å². The summed E-state index contributed by atoms with van der Waals surface area (Å²) in [6, 6.07) is 7.05. The van der Waals surface area contributed by atoms with E-state index in [0.29, 0.717) is 18.6 Å². The molecule has 0 aromatic heterocycles. The quantitative estimate of drug-likeness (QED) is 0.748. The molecule has 1 heterocycles. The molecule has 0 atom stereocenters. The molecule has 25 heavy (non-hydrogen) atoms. The van der Waals surface area contributed by atoms with Crippen molar-refractivity contribution in [1.82, 2.24) is 5.32 Å². The Morgan fingerprint density at radius 1 is 1.28 bits per heavy atom. The number of hydrogen-bond donors (Lipinski definition) is 2. The van der Waals surface area contributed by atoms with Gasteiger partial charge in [0.2, 0.25) is 5.91 Å². The summed E-state index contributed by atoms with van der Waals surface area (Å²) in [6.45, 7) is 4.12. The maximum Gasteiger partial charge on any atom is 0.303 e. The average Bonchev–Trinajstić information content (AvgIpc) is 2.97. The molecular weight excluding hydrogens is 324 g/mol. The number of aliphatic carboxylic acids is 1. The summed E-state index contributed by atoms with van der Waals surface area (Å²) in [4.78, 5) is 36.0. The van der Waals surface area contributed by atoms with E-state index in [0.717, 1.165) is 18.7 Å². The molecule has 2 rings (SSSR count). The van der Waals surface area contributed by atoms with Gasteiger partial charge in [-0.05, 0) is 51.0 Å². The van der Waals surface area contributed by atoms with Crippen LogP contribution in [0.25, 0.3) is 0 Å². The number of carboxylic acid groups (broad SMARTS) is 1. The molecule has 7 nitrogen and oxygen atoms in total. The van der Waals surface area contributed by atoms with E-state index in [1.807, 2.05) is 0 Å². The normalized spacial score (nSPS) is 14.5. The van der Waals surface area contributed by atoms with E-state index >= 15 is 0 Å². The van der Waals surface area contributed by atoms with Crippen LogP contribution in [-0.4, -0.2) is 41.6 Å². The first-order valence-corrected chi connectivity index (χ1v) is 8.33. The van der Waals surface area contributed by atoms with Gasteiger partial charge in [0.05, 0.1) is 0 Å². The number of hydrogen-bond acceptors (Lipinski definition) is 4. The fraction of sp³-hybridized carbons (Fsp3) is 0.500. The highest BCUT2D eigenvalue weighted by Crippen LogP contribution is 2.23. The zero-order valence-corrected chi connectivity index (χ0v) is 14.6. The van der Waals surface area contributed by atoms with Crippen LogP contribution >= 0.6 is 0 Å². The highest BCUT2D eigenvalue weighted by molar-refractivity contribution is 5.95. The summed E-state index contributed by atoms with van der Waals surface area (Å²) in [6.07, 6.45) is 1.78. The number of nitrogens with one attached hydrogen (secondary N) is 1. The van der Waals surface area contributed by atoms with Crippen LogP contribution in [-0.2, 0) is 14.4 Å². The highest BCUT2D eigenvalue weighted by atomic mass is 16.5. The van der Waals surface area contributed by atoms with Gasteiger partial charge >= 0.3 is 5.97 Å². The Labute approximate surface area is 147 Å². The van der Waals surface area contributed by atoms with Crippen molar-refractivity contribution in [2.45, 2.75) is 45.1 Å². The lowest BCUT2D eigenvalue weighted by atomic mass is 9.98. The number of benzene rings is 1. The monoisotopic (exact) mass is 348 g/mol. The summed E-state index contributed by atoms with van der Waals surface area (Å²) in [5.74, 6) is -0.546. The molecule has 0 aliphatic carbocycles. The van der Waals surface area contributed by atoms with Crippen LogP contribution in [0.4, 0.5) is 5.69 Å². The first kappa shape index (κ1) is 18.8. The number of nitrogens with zero attached hydrogens (tertiary/aromatic N) is 1. The van der Waals surface area contributed by atoms with Crippen molar-refractivity contribution in [3.8, 4) is 5.75 Å². The van der Waals surface area contributed by atoms with Gasteiger partial charge in [-0.2, -0.15) is 0 Å². The van der Waals surface area contributed by atoms with Gasteiger partial charge in [0.25, 0.3) is 5.91 Å². The van der Waals surface area contributed by atoms with Crippen molar-refractivity contribution < 1.29 is 24.2 Å². The Balaban J connectivity index is 1.81. The molecule has 1 saturated heterocycles. The van der Waals surface area contributed by atoms with Gasteiger partial charge < -0.3 is 20.1 Å². The number of ether oxygens (including phenoxy) is 1. The molecule has 1 fully saturated rings. The molecule has 1 aliphatic rings. The maximum atomic E-state index is 12.0. The first-order valence-electron chi connectivity index (χ1n) is 8.33. The highest BCUT2D eigenvalue weighted by Gasteiger charge is 2.22. The Hall–Kier alpha value is -2.57. The SMILES string of the molecule is CC(C)(CCC(=O)O)NC(=O)COc1ccc(N2CCCC2=O)cc1. The third-order valence-corrected chi connectivity index (χ3v) is 4.03.